The van der Waals surface area contributed by atoms with Crippen molar-refractivity contribution in [2.75, 3.05) is 7.11 Å². The van der Waals surface area contributed by atoms with Crippen LogP contribution in [-0.2, 0) is 0 Å². The predicted molar refractivity (Wildman–Crippen MR) is 69.7 cm³/mol. The number of carbonyl (C=O) groups excluding carboxylic acids is 2. The lowest BCUT2D eigenvalue weighted by Crippen LogP contribution is -2.12. The van der Waals surface area contributed by atoms with Crippen LogP contribution in [0.3, 0.4) is 0 Å². The van der Waals surface area contributed by atoms with E-state index in [9.17, 15) is 14.0 Å². The standard InChI is InChI=1S/C15H11FO4/c1-19-13-8-4-5-10(9-17)14(13)20-15(18)11-6-2-3-7-12(11)16/h2-9H,1H3. The molecule has 0 saturated carbocycles. The van der Waals surface area contributed by atoms with Crippen molar-refractivity contribution < 1.29 is 23.5 Å². The van der Waals surface area contributed by atoms with Crippen LogP contribution in [0.25, 0.3) is 0 Å². The van der Waals surface area contributed by atoms with Crippen LogP contribution in [0.15, 0.2) is 42.5 Å². The molecule has 0 saturated heterocycles. The highest BCUT2D eigenvalue weighted by Gasteiger charge is 2.18. The molecule has 20 heavy (non-hydrogen) atoms. The van der Waals surface area contributed by atoms with E-state index >= 15 is 0 Å². The quantitative estimate of drug-likeness (QED) is 0.488. The summed E-state index contributed by atoms with van der Waals surface area (Å²) in [5.74, 6) is -1.40. The van der Waals surface area contributed by atoms with Crippen molar-refractivity contribution in [3.63, 3.8) is 0 Å². The van der Waals surface area contributed by atoms with Crippen LogP contribution in [0.4, 0.5) is 4.39 Å². The number of hydrogen-bond acceptors (Lipinski definition) is 4. The highest BCUT2D eigenvalue weighted by Crippen LogP contribution is 2.30. The van der Waals surface area contributed by atoms with Gasteiger partial charge in [0.1, 0.15) is 5.82 Å². The average molecular weight is 274 g/mol. The molecule has 0 aromatic heterocycles. The third-order valence-electron chi connectivity index (χ3n) is 2.64. The summed E-state index contributed by atoms with van der Waals surface area (Å²) in [7, 11) is 1.38. The number of aldehydes is 1. The van der Waals surface area contributed by atoms with E-state index in [1.807, 2.05) is 0 Å². The zero-order valence-electron chi connectivity index (χ0n) is 10.6. The molecule has 0 N–H and O–H groups in total. The van der Waals surface area contributed by atoms with Gasteiger partial charge >= 0.3 is 5.97 Å². The van der Waals surface area contributed by atoms with Crippen LogP contribution in [0.2, 0.25) is 0 Å². The first-order valence-corrected chi connectivity index (χ1v) is 5.76. The highest BCUT2D eigenvalue weighted by atomic mass is 19.1. The molecule has 0 aliphatic carbocycles. The Bertz CT molecular complexity index is 652. The molecule has 2 aromatic rings. The van der Waals surface area contributed by atoms with E-state index in [1.165, 1.54) is 37.4 Å². The number of para-hydroxylation sites is 1. The number of hydrogen-bond donors (Lipinski definition) is 0. The van der Waals surface area contributed by atoms with Gasteiger partial charge in [0.2, 0.25) is 0 Å². The second-order valence-electron chi connectivity index (χ2n) is 3.87. The fraction of sp³-hybridized carbons (Fsp3) is 0.0667. The fourth-order valence-electron chi connectivity index (χ4n) is 1.67. The van der Waals surface area contributed by atoms with Gasteiger partial charge in [-0.2, -0.15) is 0 Å². The van der Waals surface area contributed by atoms with Crippen LogP contribution in [0, 0.1) is 5.82 Å². The van der Waals surface area contributed by atoms with Gasteiger partial charge in [0.05, 0.1) is 18.2 Å². The molecule has 0 aliphatic heterocycles. The molecule has 2 rings (SSSR count). The van der Waals surface area contributed by atoms with Crippen molar-refractivity contribution in [2.45, 2.75) is 0 Å². The molecular formula is C15H11FO4. The van der Waals surface area contributed by atoms with Gasteiger partial charge in [-0.15, -0.1) is 0 Å². The molecule has 0 radical (unpaired) electrons. The van der Waals surface area contributed by atoms with Crippen molar-refractivity contribution in [3.05, 3.63) is 59.4 Å². The number of methoxy groups -OCH3 is 1. The summed E-state index contributed by atoms with van der Waals surface area (Å²) in [5, 5.41) is 0. The van der Waals surface area contributed by atoms with E-state index in [4.69, 9.17) is 9.47 Å². The van der Waals surface area contributed by atoms with Gasteiger partial charge in [0.15, 0.2) is 17.8 Å². The molecule has 0 heterocycles. The summed E-state index contributed by atoms with van der Waals surface area (Å²) < 4.78 is 23.6. The number of esters is 1. The summed E-state index contributed by atoms with van der Waals surface area (Å²) in [4.78, 5) is 22.9. The van der Waals surface area contributed by atoms with E-state index in [0.717, 1.165) is 6.07 Å². The van der Waals surface area contributed by atoms with Gasteiger partial charge < -0.3 is 9.47 Å². The highest BCUT2D eigenvalue weighted by molar-refractivity contribution is 5.93. The monoisotopic (exact) mass is 274 g/mol. The van der Waals surface area contributed by atoms with Crippen molar-refractivity contribution in [1.29, 1.82) is 0 Å². The number of benzene rings is 2. The van der Waals surface area contributed by atoms with Gasteiger partial charge in [-0.1, -0.05) is 18.2 Å². The second kappa shape index (κ2) is 5.97. The van der Waals surface area contributed by atoms with Crippen molar-refractivity contribution in [2.24, 2.45) is 0 Å². The number of ether oxygens (including phenoxy) is 2. The Hall–Kier alpha value is -2.69. The molecule has 0 fully saturated rings. The molecule has 4 nitrogen and oxygen atoms in total. The molecular weight excluding hydrogens is 263 g/mol. The predicted octanol–water partition coefficient (Wildman–Crippen LogP) is 2.87. The van der Waals surface area contributed by atoms with Crippen molar-refractivity contribution in [1.82, 2.24) is 0 Å². The Kier molecular flexibility index (Phi) is 4.10. The maximum absolute atomic E-state index is 13.5. The van der Waals surface area contributed by atoms with Gasteiger partial charge in [0, 0.05) is 0 Å². The van der Waals surface area contributed by atoms with Crippen LogP contribution in [0.1, 0.15) is 20.7 Å². The fourth-order valence-corrected chi connectivity index (χ4v) is 1.67. The third-order valence-corrected chi connectivity index (χ3v) is 2.64. The third kappa shape index (κ3) is 2.66. The minimum absolute atomic E-state index is 0.0294. The smallest absolute Gasteiger partial charge is 0.346 e. The summed E-state index contributed by atoms with van der Waals surface area (Å²) in [6.45, 7) is 0. The largest absolute Gasteiger partial charge is 0.493 e. The Labute approximate surface area is 114 Å². The number of carbonyl (C=O) groups is 2. The van der Waals surface area contributed by atoms with E-state index < -0.39 is 11.8 Å². The maximum atomic E-state index is 13.5. The molecule has 5 heteroatoms. The van der Waals surface area contributed by atoms with Crippen LogP contribution >= 0.6 is 0 Å². The first-order valence-electron chi connectivity index (χ1n) is 5.76. The average Bonchev–Trinajstić information content (AvgIpc) is 2.47. The Balaban J connectivity index is 2.37. The molecule has 0 aliphatic rings. The minimum Gasteiger partial charge on any atom is -0.493 e. The van der Waals surface area contributed by atoms with Crippen LogP contribution < -0.4 is 9.47 Å². The molecule has 0 unspecified atom stereocenters. The van der Waals surface area contributed by atoms with E-state index in [0.29, 0.717) is 6.29 Å². The first-order chi connectivity index (χ1) is 9.67. The van der Waals surface area contributed by atoms with E-state index in [1.54, 1.807) is 6.07 Å². The van der Waals surface area contributed by atoms with Gasteiger partial charge in [0.25, 0.3) is 0 Å². The number of halogens is 1. The number of rotatable bonds is 4. The van der Waals surface area contributed by atoms with Gasteiger partial charge in [-0.25, -0.2) is 9.18 Å². The normalized spacial score (nSPS) is 9.90. The maximum Gasteiger partial charge on any atom is 0.346 e. The Morgan fingerprint density at radius 3 is 2.55 bits per heavy atom. The molecule has 102 valence electrons. The van der Waals surface area contributed by atoms with Crippen molar-refractivity contribution in [3.8, 4) is 11.5 Å². The molecule has 0 amide bonds. The van der Waals surface area contributed by atoms with Crippen molar-refractivity contribution >= 4 is 12.3 Å². The van der Waals surface area contributed by atoms with E-state index in [2.05, 4.69) is 0 Å². The van der Waals surface area contributed by atoms with E-state index in [-0.39, 0.29) is 22.6 Å². The second-order valence-corrected chi connectivity index (χ2v) is 3.87. The zero-order chi connectivity index (χ0) is 14.5. The lowest BCUT2D eigenvalue weighted by Gasteiger charge is -2.11. The summed E-state index contributed by atoms with van der Waals surface area (Å²) in [5.41, 5.74) is -0.0655. The molecule has 0 atom stereocenters. The first kappa shape index (κ1) is 13.7. The van der Waals surface area contributed by atoms with Crippen LogP contribution in [0.5, 0.6) is 11.5 Å². The summed E-state index contributed by atoms with van der Waals surface area (Å²) in [6.07, 6.45) is 0.534. The lowest BCUT2D eigenvalue weighted by molar-refractivity contribution is 0.0723. The molecule has 0 spiro atoms. The lowest BCUT2D eigenvalue weighted by atomic mass is 10.2. The van der Waals surface area contributed by atoms with Crippen LogP contribution in [-0.4, -0.2) is 19.4 Å². The van der Waals surface area contributed by atoms with Gasteiger partial charge in [-0.3, -0.25) is 4.79 Å². The molecule has 2 aromatic carbocycles. The summed E-state index contributed by atoms with van der Waals surface area (Å²) in [6, 6.07) is 10.0. The Morgan fingerprint density at radius 2 is 1.90 bits per heavy atom. The zero-order valence-corrected chi connectivity index (χ0v) is 10.6. The molecule has 0 bridgehead atoms. The summed E-state index contributed by atoms with van der Waals surface area (Å²) >= 11 is 0. The topological polar surface area (TPSA) is 52.6 Å². The SMILES string of the molecule is COc1cccc(C=O)c1OC(=O)c1ccccc1F. The Morgan fingerprint density at radius 1 is 1.15 bits per heavy atom. The van der Waals surface area contributed by atoms with Gasteiger partial charge in [-0.05, 0) is 24.3 Å². The minimum atomic E-state index is -0.893.